The van der Waals surface area contributed by atoms with E-state index in [9.17, 15) is 4.39 Å². The molecule has 0 spiro atoms. The maximum Gasteiger partial charge on any atom is 0.123 e. The molecule has 4 rings (SSSR count). The summed E-state index contributed by atoms with van der Waals surface area (Å²) in [7, 11) is 0. The standard InChI is InChI=1S/C20H20FN/c1-13-4-3-5-17-18(12-22-19(13)17)20(2,14-6-7-14)15-8-10-16(21)11-9-15/h3-5,8-12,14,22H,6-7H2,1-2H3. The Morgan fingerprint density at radius 3 is 2.50 bits per heavy atom. The smallest absolute Gasteiger partial charge is 0.123 e. The fraction of sp³-hybridized carbons (Fsp3) is 0.300. The van der Waals surface area contributed by atoms with Gasteiger partial charge in [-0.15, -0.1) is 0 Å². The van der Waals surface area contributed by atoms with Crippen molar-refractivity contribution in [1.29, 1.82) is 0 Å². The summed E-state index contributed by atoms with van der Waals surface area (Å²) in [4.78, 5) is 3.45. The van der Waals surface area contributed by atoms with Crippen LogP contribution < -0.4 is 0 Å². The summed E-state index contributed by atoms with van der Waals surface area (Å²) in [6.07, 6.45) is 4.64. The molecule has 1 aromatic heterocycles. The van der Waals surface area contributed by atoms with Crippen molar-refractivity contribution in [2.75, 3.05) is 0 Å². The lowest BCUT2D eigenvalue weighted by Gasteiger charge is -2.30. The van der Waals surface area contributed by atoms with Gasteiger partial charge in [-0.2, -0.15) is 0 Å². The number of H-pyrrole nitrogens is 1. The fourth-order valence-corrected chi connectivity index (χ4v) is 3.80. The lowest BCUT2D eigenvalue weighted by molar-refractivity contribution is 0.497. The molecule has 3 aromatic rings. The average molecular weight is 293 g/mol. The summed E-state index contributed by atoms with van der Waals surface area (Å²) in [5, 5.41) is 1.29. The molecule has 112 valence electrons. The molecule has 1 unspecified atom stereocenters. The Labute approximate surface area is 130 Å². The van der Waals surface area contributed by atoms with E-state index in [4.69, 9.17) is 0 Å². The number of hydrogen-bond donors (Lipinski definition) is 1. The van der Waals surface area contributed by atoms with Crippen LogP contribution >= 0.6 is 0 Å². The molecule has 0 aliphatic heterocycles. The van der Waals surface area contributed by atoms with Gasteiger partial charge in [0, 0.05) is 22.5 Å². The van der Waals surface area contributed by atoms with Gasteiger partial charge in [-0.1, -0.05) is 37.3 Å². The minimum atomic E-state index is -0.170. The van der Waals surface area contributed by atoms with Gasteiger partial charge in [0.25, 0.3) is 0 Å². The molecule has 0 bridgehead atoms. The fourth-order valence-electron chi connectivity index (χ4n) is 3.80. The molecule has 1 heterocycles. The van der Waals surface area contributed by atoms with Crippen LogP contribution in [0.1, 0.15) is 36.5 Å². The van der Waals surface area contributed by atoms with Gasteiger partial charge < -0.3 is 4.98 Å². The average Bonchev–Trinajstić information content (AvgIpc) is 3.27. The Hall–Kier alpha value is -2.09. The zero-order chi connectivity index (χ0) is 15.3. The number of aromatic nitrogens is 1. The first-order valence-electron chi connectivity index (χ1n) is 7.94. The number of hydrogen-bond acceptors (Lipinski definition) is 0. The van der Waals surface area contributed by atoms with Gasteiger partial charge in [0.05, 0.1) is 0 Å². The Kier molecular flexibility index (Phi) is 2.90. The second-order valence-electron chi connectivity index (χ2n) is 6.68. The van der Waals surface area contributed by atoms with Crippen LogP contribution in [-0.2, 0) is 5.41 Å². The van der Waals surface area contributed by atoms with Crippen LogP contribution in [0.15, 0.2) is 48.7 Å². The van der Waals surface area contributed by atoms with Crippen molar-refractivity contribution in [2.45, 2.75) is 32.1 Å². The van der Waals surface area contributed by atoms with E-state index in [-0.39, 0.29) is 11.2 Å². The van der Waals surface area contributed by atoms with Crippen LogP contribution in [0.25, 0.3) is 10.9 Å². The molecule has 2 aromatic carbocycles. The molecule has 1 N–H and O–H groups in total. The molecule has 2 heteroatoms. The van der Waals surface area contributed by atoms with Gasteiger partial charge >= 0.3 is 0 Å². The van der Waals surface area contributed by atoms with Crippen LogP contribution in [0.5, 0.6) is 0 Å². The van der Waals surface area contributed by atoms with Gasteiger partial charge in [-0.05, 0) is 54.5 Å². The predicted molar refractivity (Wildman–Crippen MR) is 88.6 cm³/mol. The predicted octanol–water partition coefficient (Wildman–Crippen LogP) is 5.33. The van der Waals surface area contributed by atoms with Gasteiger partial charge in [-0.3, -0.25) is 0 Å². The summed E-state index contributed by atoms with van der Waals surface area (Å²) in [6, 6.07) is 13.5. The summed E-state index contributed by atoms with van der Waals surface area (Å²) in [6.45, 7) is 4.44. The van der Waals surface area contributed by atoms with E-state index < -0.39 is 0 Å². The van der Waals surface area contributed by atoms with Crippen LogP contribution in [0.3, 0.4) is 0 Å². The number of benzene rings is 2. The van der Waals surface area contributed by atoms with Gasteiger partial charge in [0.1, 0.15) is 5.82 Å². The number of para-hydroxylation sites is 1. The number of halogens is 1. The van der Waals surface area contributed by atoms with Gasteiger partial charge in [-0.25, -0.2) is 4.39 Å². The number of nitrogens with one attached hydrogen (secondary N) is 1. The first-order valence-corrected chi connectivity index (χ1v) is 7.94. The maximum absolute atomic E-state index is 13.3. The molecule has 1 aliphatic carbocycles. The van der Waals surface area contributed by atoms with Crippen molar-refractivity contribution < 1.29 is 4.39 Å². The second-order valence-corrected chi connectivity index (χ2v) is 6.68. The van der Waals surface area contributed by atoms with E-state index in [1.807, 2.05) is 12.1 Å². The largest absolute Gasteiger partial charge is 0.361 e. The van der Waals surface area contributed by atoms with E-state index in [0.717, 1.165) is 0 Å². The third-order valence-corrected chi connectivity index (χ3v) is 5.32. The summed E-state index contributed by atoms with van der Waals surface area (Å²) in [5.74, 6) is 0.467. The highest BCUT2D eigenvalue weighted by Gasteiger charge is 2.45. The Morgan fingerprint density at radius 2 is 1.82 bits per heavy atom. The molecule has 0 radical (unpaired) electrons. The normalized spacial score (nSPS) is 17.6. The minimum Gasteiger partial charge on any atom is -0.361 e. The lowest BCUT2D eigenvalue weighted by Crippen LogP contribution is -2.26. The highest BCUT2D eigenvalue weighted by atomic mass is 19.1. The number of fused-ring (bicyclic) bond motifs is 1. The van der Waals surface area contributed by atoms with Crippen molar-refractivity contribution in [2.24, 2.45) is 5.92 Å². The van der Waals surface area contributed by atoms with E-state index in [1.165, 1.54) is 40.4 Å². The molecule has 22 heavy (non-hydrogen) atoms. The zero-order valence-electron chi connectivity index (χ0n) is 13.0. The van der Waals surface area contributed by atoms with Crippen LogP contribution in [0.2, 0.25) is 0 Å². The molecule has 1 fully saturated rings. The third kappa shape index (κ3) is 1.90. The Bertz CT molecular complexity index is 827. The number of aromatic amines is 1. The van der Waals surface area contributed by atoms with Crippen LogP contribution in [0, 0.1) is 18.7 Å². The van der Waals surface area contributed by atoms with Crippen molar-refractivity contribution >= 4 is 10.9 Å². The molecule has 1 nitrogen and oxygen atoms in total. The lowest BCUT2D eigenvalue weighted by atomic mass is 9.72. The molecule has 1 saturated carbocycles. The van der Waals surface area contributed by atoms with Crippen LogP contribution in [-0.4, -0.2) is 4.98 Å². The van der Waals surface area contributed by atoms with Crippen molar-refractivity contribution in [3.05, 3.63) is 71.2 Å². The molecule has 1 atom stereocenters. The van der Waals surface area contributed by atoms with E-state index >= 15 is 0 Å². The third-order valence-electron chi connectivity index (χ3n) is 5.32. The summed E-state index contributed by atoms with van der Waals surface area (Å²) in [5.41, 5.74) is 4.96. The zero-order valence-corrected chi connectivity index (χ0v) is 13.0. The Balaban J connectivity index is 1.95. The molecule has 0 saturated heterocycles. The number of rotatable bonds is 3. The quantitative estimate of drug-likeness (QED) is 0.671. The van der Waals surface area contributed by atoms with E-state index in [2.05, 4.69) is 43.2 Å². The second kappa shape index (κ2) is 4.70. The summed E-state index contributed by atoms with van der Waals surface area (Å²) >= 11 is 0. The monoisotopic (exact) mass is 293 g/mol. The molecule has 0 amide bonds. The SMILES string of the molecule is Cc1cccc2c(C(C)(c3ccc(F)cc3)C3CC3)c[nH]c12. The first kappa shape index (κ1) is 13.6. The summed E-state index contributed by atoms with van der Waals surface area (Å²) < 4.78 is 13.3. The molecular weight excluding hydrogens is 273 g/mol. The molecule has 1 aliphatic rings. The molecular formula is C20H20FN. The van der Waals surface area contributed by atoms with Gasteiger partial charge in [0.2, 0.25) is 0 Å². The number of aryl methyl sites for hydroxylation is 1. The van der Waals surface area contributed by atoms with E-state index in [1.54, 1.807) is 12.1 Å². The Morgan fingerprint density at radius 1 is 1.09 bits per heavy atom. The first-order chi connectivity index (χ1) is 10.6. The van der Waals surface area contributed by atoms with Crippen LogP contribution in [0.4, 0.5) is 4.39 Å². The van der Waals surface area contributed by atoms with Crippen molar-refractivity contribution in [3.8, 4) is 0 Å². The van der Waals surface area contributed by atoms with Crippen molar-refractivity contribution in [3.63, 3.8) is 0 Å². The highest BCUT2D eigenvalue weighted by Crippen LogP contribution is 2.52. The van der Waals surface area contributed by atoms with E-state index in [0.29, 0.717) is 5.92 Å². The minimum absolute atomic E-state index is 0.0558. The highest BCUT2D eigenvalue weighted by molar-refractivity contribution is 5.87. The van der Waals surface area contributed by atoms with Gasteiger partial charge in [0.15, 0.2) is 0 Å². The topological polar surface area (TPSA) is 15.8 Å². The van der Waals surface area contributed by atoms with Crippen molar-refractivity contribution in [1.82, 2.24) is 4.98 Å². The maximum atomic E-state index is 13.3.